The number of hydrogen-bond acceptors (Lipinski definition) is 20. The van der Waals surface area contributed by atoms with Gasteiger partial charge >= 0.3 is 59.7 Å². The number of rotatable bonds is 28. The summed E-state index contributed by atoms with van der Waals surface area (Å²) in [6, 6.07) is 40.1. The predicted molar refractivity (Wildman–Crippen MR) is 365 cm³/mol. The predicted octanol–water partition coefficient (Wildman–Crippen LogP) is 14.1. The Kier molecular flexibility index (Phi) is 30.1. The van der Waals surface area contributed by atoms with Gasteiger partial charge in [0.1, 0.15) is 26.4 Å². The fourth-order valence-corrected chi connectivity index (χ4v) is 13.5. The summed E-state index contributed by atoms with van der Waals surface area (Å²) < 4.78 is 59.2. The van der Waals surface area contributed by atoms with Crippen LogP contribution in [0.4, 0.5) is 0 Å². The summed E-state index contributed by atoms with van der Waals surface area (Å²) in [7, 11) is 0. The number of esters is 10. The third-order valence-electron chi connectivity index (χ3n) is 19.3. The highest BCUT2D eigenvalue weighted by Crippen LogP contribution is 2.33. The van der Waals surface area contributed by atoms with Crippen molar-refractivity contribution in [2.45, 2.75) is 197 Å². The minimum absolute atomic E-state index is 0.126. The smallest absolute Gasteiger partial charge is 0.338 e. The average Bonchev–Trinajstić information content (AvgIpc) is 0.858. The van der Waals surface area contributed by atoms with Crippen molar-refractivity contribution >= 4 is 59.7 Å². The van der Waals surface area contributed by atoms with E-state index in [9.17, 15) is 47.9 Å². The first-order valence-electron chi connectivity index (χ1n) is 35.9. The maximum Gasteiger partial charge on any atom is 0.338 e. The Morgan fingerprint density at radius 1 is 0.230 bits per heavy atom. The average molecular weight is 1380 g/mol. The van der Waals surface area contributed by atoms with Crippen LogP contribution in [-0.4, -0.2) is 123 Å². The van der Waals surface area contributed by atoms with Gasteiger partial charge in [-0.2, -0.15) is 0 Å². The van der Waals surface area contributed by atoms with Crippen LogP contribution < -0.4 is 0 Å². The molecule has 0 amide bonds. The van der Waals surface area contributed by atoms with Gasteiger partial charge in [0.05, 0.1) is 57.4 Å². The van der Waals surface area contributed by atoms with E-state index in [-0.39, 0.29) is 82.6 Å². The van der Waals surface area contributed by atoms with Crippen molar-refractivity contribution in [2.24, 2.45) is 29.6 Å². The molecule has 5 aliphatic rings. The number of hydrogen-bond donors (Lipinski definition) is 0. The molecule has 0 radical (unpaired) electrons. The zero-order valence-electron chi connectivity index (χ0n) is 57.0. The topological polar surface area (TPSA) is 263 Å². The molecule has 20 heteroatoms. The van der Waals surface area contributed by atoms with Crippen LogP contribution >= 0.6 is 0 Å². The van der Waals surface area contributed by atoms with E-state index in [1.165, 1.54) is 60.7 Å². The summed E-state index contributed by atoms with van der Waals surface area (Å²) in [5.74, 6) is -7.57. The maximum atomic E-state index is 13.8. The van der Waals surface area contributed by atoms with Crippen molar-refractivity contribution in [3.8, 4) is 0 Å². The second kappa shape index (κ2) is 40.2. The van der Waals surface area contributed by atoms with Crippen molar-refractivity contribution in [2.75, 3.05) is 26.4 Å². The van der Waals surface area contributed by atoms with Gasteiger partial charge in [-0.25, -0.2) is 24.0 Å². The third kappa shape index (κ3) is 23.5. The summed E-state index contributed by atoms with van der Waals surface area (Å²) in [4.78, 5) is 134. The lowest BCUT2D eigenvalue weighted by Crippen LogP contribution is -2.51. The van der Waals surface area contributed by atoms with Crippen LogP contribution in [0, 0.1) is 29.6 Å². The van der Waals surface area contributed by atoms with Gasteiger partial charge in [0, 0.05) is 0 Å². The van der Waals surface area contributed by atoms with Gasteiger partial charge in [0.15, 0.2) is 36.6 Å². The summed E-state index contributed by atoms with van der Waals surface area (Å²) in [5.41, 5.74) is 0.840. The first-order chi connectivity index (χ1) is 48.8. The highest BCUT2D eigenvalue weighted by molar-refractivity contribution is 5.92. The molecule has 0 aliphatic heterocycles. The molecule has 4 atom stereocenters. The van der Waals surface area contributed by atoms with Crippen LogP contribution in [0.1, 0.15) is 212 Å². The Morgan fingerprint density at radius 2 is 0.440 bits per heavy atom. The van der Waals surface area contributed by atoms with Gasteiger partial charge in [-0.3, -0.25) is 24.0 Å². The Bertz CT molecular complexity index is 3210. The Balaban J connectivity index is 0.000000233. The highest BCUT2D eigenvalue weighted by atomic mass is 16.7. The van der Waals surface area contributed by atoms with E-state index in [4.69, 9.17) is 47.4 Å². The Hall–Kier alpha value is -9.20. The zero-order chi connectivity index (χ0) is 70.3. The lowest BCUT2D eigenvalue weighted by atomic mass is 9.89. The van der Waals surface area contributed by atoms with Gasteiger partial charge in [0.2, 0.25) is 0 Å². The lowest BCUT2D eigenvalue weighted by Gasteiger charge is -2.35. The number of carbonyl (C=O) groups excluding carboxylic acids is 10. The van der Waals surface area contributed by atoms with E-state index in [2.05, 4.69) is 0 Å². The first-order valence-corrected chi connectivity index (χ1v) is 35.9. The SMILES string of the molecule is O=C(OCC(OC(=O)C1CCCCC1)C(OC(=O)C1CCCCC1)C(COC(=O)C1CCCCC1)OC(=O)C1CCCCC1)C1CCCCC1.O=C(OCC(OC(=O)c1ccccc1)C(OC(=O)c1ccccc1)C(COC(=O)c1ccccc1)OC(=O)c1ccccc1)c1ccccc1. The molecule has 4 unspecified atom stereocenters. The molecule has 5 saturated carbocycles. The van der Waals surface area contributed by atoms with Crippen LogP contribution in [0.25, 0.3) is 0 Å². The Labute approximate surface area is 585 Å². The van der Waals surface area contributed by atoms with Crippen LogP contribution in [0.15, 0.2) is 152 Å². The second-order valence-electron chi connectivity index (χ2n) is 26.6. The minimum Gasteiger partial charge on any atom is -0.461 e. The molecule has 0 saturated heterocycles. The van der Waals surface area contributed by atoms with Gasteiger partial charge < -0.3 is 47.4 Å². The van der Waals surface area contributed by atoms with Gasteiger partial charge in [0.25, 0.3) is 0 Å². The molecule has 5 fully saturated rings. The van der Waals surface area contributed by atoms with E-state index < -0.39 is 97.6 Å². The fourth-order valence-electron chi connectivity index (χ4n) is 13.5. The maximum absolute atomic E-state index is 13.8. The minimum atomic E-state index is -1.66. The van der Waals surface area contributed by atoms with Crippen molar-refractivity contribution < 1.29 is 95.3 Å². The zero-order valence-corrected chi connectivity index (χ0v) is 57.0. The van der Waals surface area contributed by atoms with E-state index in [0.29, 0.717) is 38.5 Å². The molecule has 10 rings (SSSR count). The standard InChI is InChI=1S/C40H62O10.C40H32O10/c2*41-36(28-16-6-1-7-17-28)46-26-33(48-38(43)30-20-10-3-11-21-30)35(50-40(45)32-24-14-5-15-25-32)34(49-39(44)31-22-12-4-13-23-31)27-47-37(42)29-18-8-2-9-19-29/h28-35H,1-27H2;1-25,33-35H,26-27H2. The number of ether oxygens (including phenoxy) is 10. The molecule has 0 heterocycles. The Morgan fingerprint density at radius 3 is 0.720 bits per heavy atom. The molecule has 0 N–H and O–H groups in total. The van der Waals surface area contributed by atoms with E-state index in [1.807, 2.05) is 0 Å². The van der Waals surface area contributed by atoms with Crippen LogP contribution in [0.5, 0.6) is 0 Å². The van der Waals surface area contributed by atoms with Gasteiger partial charge in [-0.1, -0.05) is 187 Å². The number of carbonyl (C=O) groups is 10. The van der Waals surface area contributed by atoms with Crippen molar-refractivity contribution in [3.05, 3.63) is 179 Å². The quantitative estimate of drug-likeness (QED) is 0.0333. The third-order valence-corrected chi connectivity index (χ3v) is 19.3. The molecule has 100 heavy (non-hydrogen) atoms. The van der Waals surface area contributed by atoms with Crippen LogP contribution in [-0.2, 0) is 71.3 Å². The monoisotopic (exact) mass is 1370 g/mol. The summed E-state index contributed by atoms with van der Waals surface area (Å²) >= 11 is 0. The van der Waals surface area contributed by atoms with Crippen molar-refractivity contribution in [3.63, 3.8) is 0 Å². The highest BCUT2D eigenvalue weighted by Gasteiger charge is 2.45. The summed E-state index contributed by atoms with van der Waals surface area (Å²) in [6.07, 6.45) is 13.1. The molecule has 20 nitrogen and oxygen atoms in total. The van der Waals surface area contributed by atoms with E-state index in [1.54, 1.807) is 91.0 Å². The summed E-state index contributed by atoms with van der Waals surface area (Å²) in [6.45, 7) is -1.95. The van der Waals surface area contributed by atoms with Gasteiger partial charge in [-0.15, -0.1) is 0 Å². The second-order valence-corrected chi connectivity index (χ2v) is 26.6. The molecule has 5 aromatic carbocycles. The number of benzene rings is 5. The molecule has 5 aromatic rings. The van der Waals surface area contributed by atoms with Crippen molar-refractivity contribution in [1.82, 2.24) is 0 Å². The molecular weight excluding hydrogens is 1280 g/mol. The molecule has 0 bridgehead atoms. The molecule has 5 aliphatic carbocycles. The molecule has 0 aromatic heterocycles. The van der Waals surface area contributed by atoms with E-state index >= 15 is 0 Å². The first kappa shape index (κ1) is 75.0. The van der Waals surface area contributed by atoms with Crippen LogP contribution in [0.2, 0.25) is 0 Å². The largest absolute Gasteiger partial charge is 0.461 e. The lowest BCUT2D eigenvalue weighted by molar-refractivity contribution is -0.203. The molecule has 0 spiro atoms. The molecular formula is C80H94O20. The van der Waals surface area contributed by atoms with Crippen molar-refractivity contribution in [1.29, 1.82) is 0 Å². The molecule has 534 valence electrons. The fraction of sp³-hybridized carbons (Fsp3) is 0.500. The summed E-state index contributed by atoms with van der Waals surface area (Å²) in [5, 5.41) is 0. The van der Waals surface area contributed by atoms with Gasteiger partial charge in [-0.05, 0) is 125 Å². The van der Waals surface area contributed by atoms with E-state index in [0.717, 1.165) is 122 Å². The van der Waals surface area contributed by atoms with Crippen LogP contribution in [0.3, 0.4) is 0 Å². The normalized spacial score (nSPS) is 18.1.